The highest BCUT2D eigenvalue weighted by Crippen LogP contribution is 2.03. The number of hydrogen-bond acceptors (Lipinski definition) is 3. The smallest absolute Gasteiger partial charge is 0.327 e. The van der Waals surface area contributed by atoms with Crippen molar-refractivity contribution in [1.82, 2.24) is 0 Å². The Kier molecular flexibility index (Phi) is 5.32. The Labute approximate surface area is 71.1 Å². The van der Waals surface area contributed by atoms with Crippen LogP contribution in [0.5, 0.6) is 0 Å². The fourth-order valence-corrected chi connectivity index (χ4v) is 0.737. The van der Waals surface area contributed by atoms with E-state index in [1.165, 1.54) is 6.08 Å². The average Bonchev–Trinajstić information content (AvgIpc) is 2.02. The first-order valence-electron chi connectivity index (χ1n) is 3.83. The minimum absolute atomic E-state index is 0.168. The molecule has 0 bridgehead atoms. The van der Waals surface area contributed by atoms with Crippen LogP contribution in [0.1, 0.15) is 19.8 Å². The summed E-state index contributed by atoms with van der Waals surface area (Å²) in [4.78, 5) is 9.99. The Morgan fingerprint density at radius 3 is 2.42 bits per heavy atom. The summed E-state index contributed by atoms with van der Waals surface area (Å²) in [7, 11) is 0. The van der Waals surface area contributed by atoms with Crippen molar-refractivity contribution in [3.8, 4) is 0 Å². The summed E-state index contributed by atoms with van der Waals surface area (Å²) in [5.41, 5.74) is 0. The Morgan fingerprint density at radius 2 is 2.00 bits per heavy atom. The van der Waals surface area contributed by atoms with Gasteiger partial charge >= 0.3 is 5.97 Å². The minimum atomic E-state index is -1.05. The average molecular weight is 174 g/mol. The molecule has 2 atom stereocenters. The molecule has 4 nitrogen and oxygen atoms in total. The molecule has 0 aliphatic carbocycles. The number of aliphatic hydroxyl groups is 2. The lowest BCUT2D eigenvalue weighted by Gasteiger charge is -2.13. The summed E-state index contributed by atoms with van der Waals surface area (Å²) in [5, 5.41) is 26.4. The van der Waals surface area contributed by atoms with E-state index in [0.717, 1.165) is 6.08 Å². The topological polar surface area (TPSA) is 77.8 Å². The van der Waals surface area contributed by atoms with Gasteiger partial charge < -0.3 is 15.3 Å². The lowest BCUT2D eigenvalue weighted by atomic mass is 10.1. The highest BCUT2D eigenvalue weighted by Gasteiger charge is 2.11. The van der Waals surface area contributed by atoms with Gasteiger partial charge in [-0.25, -0.2) is 4.79 Å². The van der Waals surface area contributed by atoms with Gasteiger partial charge in [0.2, 0.25) is 0 Å². The Hall–Kier alpha value is -0.870. The zero-order valence-electron chi connectivity index (χ0n) is 6.97. The van der Waals surface area contributed by atoms with E-state index in [1.54, 1.807) is 6.92 Å². The molecule has 0 heterocycles. The molecule has 70 valence electrons. The van der Waals surface area contributed by atoms with Gasteiger partial charge in [0, 0.05) is 6.08 Å². The van der Waals surface area contributed by atoms with E-state index in [1.807, 2.05) is 0 Å². The van der Waals surface area contributed by atoms with E-state index in [-0.39, 0.29) is 6.42 Å². The van der Waals surface area contributed by atoms with E-state index in [2.05, 4.69) is 0 Å². The zero-order chi connectivity index (χ0) is 9.56. The first kappa shape index (κ1) is 11.1. The first-order valence-corrected chi connectivity index (χ1v) is 3.83. The molecule has 12 heavy (non-hydrogen) atoms. The van der Waals surface area contributed by atoms with Crippen molar-refractivity contribution in [2.45, 2.75) is 32.0 Å². The molecule has 0 aromatic heterocycles. The zero-order valence-corrected chi connectivity index (χ0v) is 6.97. The molecule has 0 fully saturated rings. The second-order valence-electron chi connectivity index (χ2n) is 2.52. The van der Waals surface area contributed by atoms with Crippen LogP contribution in [0.25, 0.3) is 0 Å². The van der Waals surface area contributed by atoms with E-state index < -0.39 is 18.2 Å². The van der Waals surface area contributed by atoms with Gasteiger partial charge in [0.05, 0.1) is 12.2 Å². The van der Waals surface area contributed by atoms with Crippen LogP contribution in [0.4, 0.5) is 0 Å². The molecule has 0 radical (unpaired) electrons. The molecule has 0 saturated heterocycles. The van der Waals surface area contributed by atoms with Crippen molar-refractivity contribution in [3.05, 3.63) is 12.2 Å². The third-order valence-corrected chi connectivity index (χ3v) is 1.50. The predicted octanol–water partition coefficient (Wildman–Crippen LogP) is 0.149. The standard InChI is InChI=1S/C8H14O4/c1-2-6(9)7(10)4-3-5-8(11)12/h3,5-7,9-10H,2,4H2,1H3,(H,11,12). The van der Waals surface area contributed by atoms with Gasteiger partial charge in [-0.15, -0.1) is 0 Å². The molecule has 0 aromatic carbocycles. The summed E-state index contributed by atoms with van der Waals surface area (Å²) in [6, 6.07) is 0. The maximum absolute atomic E-state index is 9.99. The van der Waals surface area contributed by atoms with Crippen LogP contribution in [0.2, 0.25) is 0 Å². The van der Waals surface area contributed by atoms with Gasteiger partial charge in [0.25, 0.3) is 0 Å². The van der Waals surface area contributed by atoms with Crippen molar-refractivity contribution in [2.24, 2.45) is 0 Å². The predicted molar refractivity (Wildman–Crippen MR) is 43.7 cm³/mol. The molecule has 0 aromatic rings. The second kappa shape index (κ2) is 5.74. The van der Waals surface area contributed by atoms with E-state index in [0.29, 0.717) is 6.42 Å². The first-order chi connectivity index (χ1) is 5.57. The largest absolute Gasteiger partial charge is 0.478 e. The van der Waals surface area contributed by atoms with E-state index >= 15 is 0 Å². The molecule has 0 amide bonds. The lowest BCUT2D eigenvalue weighted by Crippen LogP contribution is -2.24. The van der Waals surface area contributed by atoms with Crippen LogP contribution in [0.15, 0.2) is 12.2 Å². The summed E-state index contributed by atoms with van der Waals surface area (Å²) in [5.74, 6) is -1.05. The molecule has 0 aliphatic rings. The van der Waals surface area contributed by atoms with Gasteiger partial charge in [-0.3, -0.25) is 0 Å². The number of aliphatic hydroxyl groups excluding tert-OH is 2. The SMILES string of the molecule is CCC(O)C(O)CC=CC(=O)O. The van der Waals surface area contributed by atoms with Gasteiger partial charge in [0.15, 0.2) is 0 Å². The highest BCUT2D eigenvalue weighted by atomic mass is 16.4. The van der Waals surface area contributed by atoms with Crippen molar-refractivity contribution >= 4 is 5.97 Å². The van der Waals surface area contributed by atoms with Crippen LogP contribution < -0.4 is 0 Å². The number of carboxylic acid groups (broad SMARTS) is 1. The summed E-state index contributed by atoms with van der Waals surface area (Å²) < 4.78 is 0. The lowest BCUT2D eigenvalue weighted by molar-refractivity contribution is -0.131. The summed E-state index contributed by atoms with van der Waals surface area (Å²) in [6.45, 7) is 1.74. The number of aliphatic carboxylic acids is 1. The van der Waals surface area contributed by atoms with Crippen LogP contribution in [-0.2, 0) is 4.79 Å². The minimum Gasteiger partial charge on any atom is -0.478 e. The molecule has 2 unspecified atom stereocenters. The molecule has 4 heteroatoms. The van der Waals surface area contributed by atoms with E-state index in [9.17, 15) is 4.79 Å². The summed E-state index contributed by atoms with van der Waals surface area (Å²) >= 11 is 0. The monoisotopic (exact) mass is 174 g/mol. The molecule has 0 aliphatic heterocycles. The Balaban J connectivity index is 3.70. The maximum Gasteiger partial charge on any atom is 0.327 e. The third-order valence-electron chi connectivity index (χ3n) is 1.50. The van der Waals surface area contributed by atoms with Crippen molar-refractivity contribution < 1.29 is 20.1 Å². The van der Waals surface area contributed by atoms with Crippen LogP contribution >= 0.6 is 0 Å². The molecule has 0 rings (SSSR count). The molecular weight excluding hydrogens is 160 g/mol. The number of hydrogen-bond donors (Lipinski definition) is 3. The van der Waals surface area contributed by atoms with Crippen LogP contribution in [0.3, 0.4) is 0 Å². The highest BCUT2D eigenvalue weighted by molar-refractivity contribution is 5.79. The van der Waals surface area contributed by atoms with E-state index in [4.69, 9.17) is 15.3 Å². The van der Waals surface area contributed by atoms with Gasteiger partial charge in [0.1, 0.15) is 0 Å². The fraction of sp³-hybridized carbons (Fsp3) is 0.625. The molecule has 3 N–H and O–H groups in total. The molecule has 0 saturated carbocycles. The number of carboxylic acids is 1. The Bertz CT molecular complexity index is 164. The van der Waals surface area contributed by atoms with Gasteiger partial charge in [-0.2, -0.15) is 0 Å². The second-order valence-corrected chi connectivity index (χ2v) is 2.52. The Morgan fingerprint density at radius 1 is 1.42 bits per heavy atom. The van der Waals surface area contributed by atoms with Gasteiger partial charge in [-0.05, 0) is 12.8 Å². The quantitative estimate of drug-likeness (QED) is 0.518. The van der Waals surface area contributed by atoms with Crippen molar-refractivity contribution in [2.75, 3.05) is 0 Å². The fourth-order valence-electron chi connectivity index (χ4n) is 0.737. The number of carbonyl (C=O) groups is 1. The van der Waals surface area contributed by atoms with Crippen LogP contribution in [-0.4, -0.2) is 33.5 Å². The van der Waals surface area contributed by atoms with Crippen LogP contribution in [0, 0.1) is 0 Å². The molecule has 0 spiro atoms. The maximum atomic E-state index is 9.99. The third kappa shape index (κ3) is 4.87. The summed E-state index contributed by atoms with van der Waals surface area (Å²) in [6.07, 6.45) is 1.26. The number of rotatable bonds is 5. The van der Waals surface area contributed by atoms with Gasteiger partial charge in [-0.1, -0.05) is 13.0 Å². The van der Waals surface area contributed by atoms with Crippen molar-refractivity contribution in [1.29, 1.82) is 0 Å². The molecular formula is C8H14O4. The normalized spacial score (nSPS) is 16.2. The van der Waals surface area contributed by atoms with Crippen molar-refractivity contribution in [3.63, 3.8) is 0 Å².